The normalized spacial score (nSPS) is 11.0. The van der Waals surface area contributed by atoms with Crippen LogP contribution in [0.25, 0.3) is 22.4 Å². The molecular weight excluding hydrogens is 326 g/mol. The molecule has 4 rings (SSSR count). The van der Waals surface area contributed by atoms with Crippen LogP contribution in [0.1, 0.15) is 11.4 Å². The average Bonchev–Trinajstić information content (AvgIpc) is 3.18. The first-order valence-corrected chi connectivity index (χ1v) is 8.45. The molecule has 1 amide bonds. The third-order valence-electron chi connectivity index (χ3n) is 4.24. The number of aromatic nitrogens is 4. The van der Waals surface area contributed by atoms with Crippen molar-refractivity contribution in [2.24, 2.45) is 0 Å². The maximum absolute atomic E-state index is 12.5. The summed E-state index contributed by atoms with van der Waals surface area (Å²) in [5.74, 6) is 0.605. The summed E-state index contributed by atoms with van der Waals surface area (Å²) < 4.78 is 1.70. The van der Waals surface area contributed by atoms with E-state index in [0.29, 0.717) is 0 Å². The number of carbonyl (C=O) groups is 1. The number of amides is 1. The minimum Gasteiger partial charge on any atom is -0.338 e. The zero-order chi connectivity index (χ0) is 18.1. The van der Waals surface area contributed by atoms with E-state index < -0.39 is 0 Å². The summed E-state index contributed by atoms with van der Waals surface area (Å²) in [5.41, 5.74) is 5.29. The number of nitrogens with one attached hydrogen (secondary N) is 2. The average molecular weight is 345 g/mol. The van der Waals surface area contributed by atoms with Gasteiger partial charge in [0.2, 0.25) is 5.91 Å². The number of para-hydroxylation sites is 3. The molecule has 0 fully saturated rings. The van der Waals surface area contributed by atoms with E-state index in [1.54, 1.807) is 4.68 Å². The molecule has 0 aliphatic carbocycles. The number of carbonyl (C=O) groups excluding carboxylic acids is 1. The molecule has 0 unspecified atom stereocenters. The Bertz CT molecular complexity index is 1060. The van der Waals surface area contributed by atoms with Crippen LogP contribution >= 0.6 is 0 Å². The van der Waals surface area contributed by atoms with E-state index >= 15 is 0 Å². The topological polar surface area (TPSA) is 75.6 Å². The molecule has 0 aliphatic rings. The Morgan fingerprint density at radius 1 is 1.12 bits per heavy atom. The number of aryl methyl sites for hydroxylation is 2. The van der Waals surface area contributed by atoms with Gasteiger partial charge < -0.3 is 10.3 Å². The highest BCUT2D eigenvalue weighted by molar-refractivity contribution is 5.95. The Kier molecular flexibility index (Phi) is 4.01. The van der Waals surface area contributed by atoms with E-state index in [-0.39, 0.29) is 12.5 Å². The Morgan fingerprint density at radius 3 is 2.65 bits per heavy atom. The molecule has 2 aromatic heterocycles. The molecule has 0 bridgehead atoms. The molecule has 26 heavy (non-hydrogen) atoms. The van der Waals surface area contributed by atoms with E-state index in [9.17, 15) is 4.79 Å². The number of fused-ring (bicyclic) bond motifs is 1. The standard InChI is InChI=1S/C20H19N5O/c1-13-11-14(2)25(24-13)12-19(26)21-16-8-4-3-7-15(16)20-22-17-9-5-6-10-18(17)23-20/h3-11H,12H2,1-2H3,(H,21,26)(H,22,23). The van der Waals surface area contributed by atoms with Crippen LogP contribution in [0.4, 0.5) is 5.69 Å². The number of benzene rings is 2. The van der Waals surface area contributed by atoms with Gasteiger partial charge in [0, 0.05) is 11.3 Å². The van der Waals surface area contributed by atoms with E-state index in [1.165, 1.54) is 0 Å². The molecule has 2 N–H and O–H groups in total. The molecule has 6 heteroatoms. The second-order valence-corrected chi connectivity index (χ2v) is 6.28. The van der Waals surface area contributed by atoms with Crippen molar-refractivity contribution in [1.29, 1.82) is 0 Å². The molecule has 2 heterocycles. The van der Waals surface area contributed by atoms with Crippen molar-refractivity contribution in [2.45, 2.75) is 20.4 Å². The Morgan fingerprint density at radius 2 is 1.88 bits per heavy atom. The summed E-state index contributed by atoms with van der Waals surface area (Å²) >= 11 is 0. The molecule has 6 nitrogen and oxygen atoms in total. The number of nitrogens with zero attached hydrogens (tertiary/aromatic N) is 3. The first kappa shape index (κ1) is 16.1. The summed E-state index contributed by atoms with van der Waals surface area (Å²) in [4.78, 5) is 20.4. The van der Waals surface area contributed by atoms with Crippen LogP contribution < -0.4 is 5.32 Å². The lowest BCUT2D eigenvalue weighted by Gasteiger charge is -2.10. The molecule has 0 saturated carbocycles. The van der Waals surface area contributed by atoms with E-state index in [2.05, 4.69) is 20.4 Å². The lowest BCUT2D eigenvalue weighted by molar-refractivity contribution is -0.116. The van der Waals surface area contributed by atoms with Gasteiger partial charge >= 0.3 is 0 Å². The van der Waals surface area contributed by atoms with Crippen molar-refractivity contribution in [2.75, 3.05) is 5.32 Å². The zero-order valence-corrected chi connectivity index (χ0v) is 14.7. The van der Waals surface area contributed by atoms with Gasteiger partial charge in [0.25, 0.3) is 0 Å². The van der Waals surface area contributed by atoms with Gasteiger partial charge in [-0.1, -0.05) is 24.3 Å². The Labute approximate surface area is 150 Å². The predicted molar refractivity (Wildman–Crippen MR) is 102 cm³/mol. The highest BCUT2D eigenvalue weighted by Crippen LogP contribution is 2.27. The summed E-state index contributed by atoms with van der Waals surface area (Å²) in [5, 5.41) is 7.32. The second-order valence-electron chi connectivity index (χ2n) is 6.28. The monoisotopic (exact) mass is 345 g/mol. The summed E-state index contributed by atoms with van der Waals surface area (Å²) in [6.07, 6.45) is 0. The van der Waals surface area contributed by atoms with Crippen molar-refractivity contribution in [3.63, 3.8) is 0 Å². The number of aromatic amines is 1. The fourth-order valence-corrected chi connectivity index (χ4v) is 3.04. The van der Waals surface area contributed by atoms with Gasteiger partial charge in [-0.3, -0.25) is 9.48 Å². The first-order chi connectivity index (χ1) is 12.6. The number of anilines is 1. The number of hydrogen-bond donors (Lipinski definition) is 2. The largest absolute Gasteiger partial charge is 0.338 e. The van der Waals surface area contributed by atoms with Crippen molar-refractivity contribution < 1.29 is 4.79 Å². The van der Waals surface area contributed by atoms with Crippen LogP contribution in [-0.2, 0) is 11.3 Å². The van der Waals surface area contributed by atoms with Gasteiger partial charge in [0.05, 0.1) is 22.4 Å². The lowest BCUT2D eigenvalue weighted by Crippen LogP contribution is -2.20. The number of imidazole rings is 1. The smallest absolute Gasteiger partial charge is 0.246 e. The molecule has 0 spiro atoms. The van der Waals surface area contributed by atoms with Crippen LogP contribution in [0.5, 0.6) is 0 Å². The van der Waals surface area contributed by atoms with Gasteiger partial charge in [0.1, 0.15) is 12.4 Å². The number of rotatable bonds is 4. The quantitative estimate of drug-likeness (QED) is 0.592. The lowest BCUT2D eigenvalue weighted by atomic mass is 10.1. The van der Waals surface area contributed by atoms with Gasteiger partial charge in [-0.2, -0.15) is 5.10 Å². The van der Waals surface area contributed by atoms with Gasteiger partial charge in [-0.25, -0.2) is 4.98 Å². The Balaban J connectivity index is 1.61. The number of hydrogen-bond acceptors (Lipinski definition) is 3. The molecule has 4 aromatic rings. The maximum atomic E-state index is 12.5. The molecular formula is C20H19N5O. The minimum absolute atomic E-state index is 0.125. The zero-order valence-electron chi connectivity index (χ0n) is 14.7. The second kappa shape index (κ2) is 6.48. The predicted octanol–water partition coefficient (Wildman–Crippen LogP) is 3.68. The van der Waals surface area contributed by atoms with Crippen LogP contribution in [0.3, 0.4) is 0 Å². The van der Waals surface area contributed by atoms with Gasteiger partial charge in [-0.05, 0) is 44.2 Å². The van der Waals surface area contributed by atoms with Crippen LogP contribution in [0, 0.1) is 13.8 Å². The van der Waals surface area contributed by atoms with Crippen molar-refractivity contribution in [1.82, 2.24) is 19.7 Å². The highest BCUT2D eigenvalue weighted by Gasteiger charge is 2.13. The minimum atomic E-state index is -0.125. The van der Waals surface area contributed by atoms with Crippen LogP contribution in [0.15, 0.2) is 54.6 Å². The summed E-state index contributed by atoms with van der Waals surface area (Å²) in [7, 11) is 0. The SMILES string of the molecule is Cc1cc(C)n(CC(=O)Nc2ccccc2-c2nc3ccccc3[nH]2)n1. The summed E-state index contributed by atoms with van der Waals surface area (Å²) in [6.45, 7) is 4.03. The maximum Gasteiger partial charge on any atom is 0.246 e. The molecule has 0 radical (unpaired) electrons. The highest BCUT2D eigenvalue weighted by atomic mass is 16.2. The third kappa shape index (κ3) is 3.09. The Hall–Kier alpha value is -3.41. The van der Waals surface area contributed by atoms with E-state index in [1.807, 2.05) is 68.4 Å². The van der Waals surface area contributed by atoms with Crippen LogP contribution in [-0.4, -0.2) is 25.7 Å². The molecule has 0 saturated heterocycles. The summed E-state index contributed by atoms with van der Waals surface area (Å²) in [6, 6.07) is 17.5. The third-order valence-corrected chi connectivity index (χ3v) is 4.24. The van der Waals surface area contributed by atoms with Crippen molar-refractivity contribution in [3.05, 3.63) is 66.0 Å². The molecule has 0 atom stereocenters. The van der Waals surface area contributed by atoms with E-state index in [0.717, 1.165) is 39.5 Å². The fraction of sp³-hybridized carbons (Fsp3) is 0.150. The molecule has 2 aromatic carbocycles. The van der Waals surface area contributed by atoms with Crippen molar-refractivity contribution >= 4 is 22.6 Å². The van der Waals surface area contributed by atoms with Crippen molar-refractivity contribution in [3.8, 4) is 11.4 Å². The van der Waals surface area contributed by atoms with Gasteiger partial charge in [-0.15, -0.1) is 0 Å². The number of H-pyrrole nitrogens is 1. The van der Waals surface area contributed by atoms with E-state index in [4.69, 9.17) is 0 Å². The molecule has 130 valence electrons. The first-order valence-electron chi connectivity index (χ1n) is 8.45. The van der Waals surface area contributed by atoms with Crippen LogP contribution in [0.2, 0.25) is 0 Å². The molecule has 0 aliphatic heterocycles. The van der Waals surface area contributed by atoms with Gasteiger partial charge in [0.15, 0.2) is 0 Å². The fourth-order valence-electron chi connectivity index (χ4n) is 3.04.